The summed E-state index contributed by atoms with van der Waals surface area (Å²) in [6.45, 7) is 13.3. The number of para-hydroxylation sites is 1. The topological polar surface area (TPSA) is 161 Å². The highest BCUT2D eigenvalue weighted by Gasteiger charge is 2.66. The zero-order valence-electron chi connectivity index (χ0n) is 33.1. The van der Waals surface area contributed by atoms with Gasteiger partial charge in [-0.2, -0.15) is 10.2 Å². The first-order valence-corrected chi connectivity index (χ1v) is 20.5. The monoisotopic (exact) mass is 779 g/mol. The van der Waals surface area contributed by atoms with Crippen molar-refractivity contribution in [2.75, 3.05) is 44.0 Å². The largest absolute Gasteiger partial charge is 0.476 e. The number of hydrogen-bond acceptors (Lipinski definition) is 12. The smallest absolute Gasteiger partial charge is 0.355 e. The Morgan fingerprint density at radius 3 is 2.50 bits per heavy atom. The fraction of sp³-hybridized carbons (Fsp3) is 0.524. The van der Waals surface area contributed by atoms with Gasteiger partial charge >= 0.3 is 5.97 Å². The number of hydrogen-bond donors (Lipinski definition) is 4. The summed E-state index contributed by atoms with van der Waals surface area (Å²) in [5.74, 6) is -0.0137. The molecule has 1 aromatic carbocycles. The first-order valence-electron chi connectivity index (χ1n) is 19.7. The molecule has 5 aromatic rings. The van der Waals surface area contributed by atoms with Gasteiger partial charge in [0.05, 0.1) is 40.9 Å². The number of anilines is 3. The average Bonchev–Trinajstić information content (AvgIpc) is 3.71. The molecule has 4 aliphatic rings. The van der Waals surface area contributed by atoms with E-state index in [1.807, 2.05) is 56.3 Å². The van der Waals surface area contributed by atoms with E-state index in [2.05, 4.69) is 54.6 Å². The molecular formula is C42H53N9O4S. The number of rotatable bonds is 17. The van der Waals surface area contributed by atoms with Crippen LogP contribution < -0.4 is 16.0 Å². The van der Waals surface area contributed by atoms with E-state index in [-0.39, 0.29) is 27.5 Å². The van der Waals surface area contributed by atoms with Crippen molar-refractivity contribution in [2.45, 2.75) is 91.3 Å². The van der Waals surface area contributed by atoms with Crippen LogP contribution in [-0.4, -0.2) is 80.0 Å². The number of nitrogens with one attached hydrogen (secondary N) is 3. The van der Waals surface area contributed by atoms with Crippen molar-refractivity contribution in [3.63, 3.8) is 0 Å². The minimum atomic E-state index is -1.09. The van der Waals surface area contributed by atoms with Gasteiger partial charge in [0.2, 0.25) is 0 Å². The summed E-state index contributed by atoms with van der Waals surface area (Å²) in [6, 6.07) is 13.6. The van der Waals surface area contributed by atoms with Crippen molar-refractivity contribution in [2.24, 2.45) is 16.2 Å². The third-order valence-electron chi connectivity index (χ3n) is 12.0. The van der Waals surface area contributed by atoms with Crippen LogP contribution in [-0.2, 0) is 22.6 Å². The van der Waals surface area contributed by atoms with E-state index in [0.29, 0.717) is 36.0 Å². The maximum Gasteiger partial charge on any atom is 0.355 e. The molecule has 4 saturated carbocycles. The van der Waals surface area contributed by atoms with E-state index in [1.165, 1.54) is 6.42 Å². The molecule has 0 radical (unpaired) electrons. The van der Waals surface area contributed by atoms with E-state index in [0.717, 1.165) is 96.9 Å². The second-order valence-electron chi connectivity index (χ2n) is 17.3. The second-order valence-corrected chi connectivity index (χ2v) is 18.4. The Bertz CT molecular complexity index is 2190. The lowest BCUT2D eigenvalue weighted by Gasteiger charge is -2.69. The minimum absolute atomic E-state index is 0.0201. The van der Waals surface area contributed by atoms with E-state index in [9.17, 15) is 9.90 Å². The van der Waals surface area contributed by atoms with Gasteiger partial charge in [0.25, 0.3) is 0 Å². The van der Waals surface area contributed by atoms with Gasteiger partial charge in [-0.15, -0.1) is 5.10 Å². The zero-order chi connectivity index (χ0) is 39.1. The molecule has 4 N–H and O–H groups in total. The molecule has 4 aromatic heterocycles. The number of pyridine rings is 1. The van der Waals surface area contributed by atoms with Crippen molar-refractivity contribution in [1.29, 1.82) is 0 Å². The Hall–Kier alpha value is -4.50. The number of aromatic carboxylic acids is 1. The minimum Gasteiger partial charge on any atom is -0.476 e. The van der Waals surface area contributed by atoms with Gasteiger partial charge in [-0.25, -0.2) is 14.8 Å². The molecule has 296 valence electrons. The number of methoxy groups -OCH3 is 1. The van der Waals surface area contributed by atoms with Crippen LogP contribution in [0.3, 0.4) is 0 Å². The fourth-order valence-corrected chi connectivity index (χ4v) is 11.9. The molecule has 0 amide bonds. The number of benzene rings is 1. The quantitative estimate of drug-likeness (QED) is 0.0680. The molecule has 4 aliphatic carbocycles. The van der Waals surface area contributed by atoms with Crippen molar-refractivity contribution < 1.29 is 19.4 Å². The van der Waals surface area contributed by atoms with Crippen molar-refractivity contribution in [3.8, 4) is 11.1 Å². The molecule has 4 fully saturated rings. The molecule has 4 bridgehead atoms. The van der Waals surface area contributed by atoms with Crippen molar-refractivity contribution in [1.82, 2.24) is 35.3 Å². The van der Waals surface area contributed by atoms with Gasteiger partial charge in [-0.05, 0) is 117 Å². The Labute approximate surface area is 332 Å². The maximum absolute atomic E-state index is 12.6. The average molecular weight is 780 g/mol. The Kier molecular flexibility index (Phi) is 10.4. The predicted molar refractivity (Wildman–Crippen MR) is 219 cm³/mol. The summed E-state index contributed by atoms with van der Waals surface area (Å²) in [6.07, 6.45) is 9.58. The lowest BCUT2D eigenvalue weighted by molar-refractivity contribution is -0.247. The third kappa shape index (κ3) is 7.89. The first kappa shape index (κ1) is 38.4. The van der Waals surface area contributed by atoms with E-state index in [4.69, 9.17) is 14.6 Å². The molecule has 9 rings (SSSR count). The molecule has 2 atom stereocenters. The van der Waals surface area contributed by atoms with Crippen molar-refractivity contribution in [3.05, 3.63) is 71.3 Å². The summed E-state index contributed by atoms with van der Waals surface area (Å²) < 4.78 is 15.3. The normalized spacial score (nSPS) is 25.2. The van der Waals surface area contributed by atoms with Crippen LogP contribution in [0.5, 0.6) is 0 Å². The number of nitrogens with zero attached hydrogens (tertiary/aromatic N) is 6. The van der Waals surface area contributed by atoms with E-state index in [1.54, 1.807) is 24.6 Å². The maximum atomic E-state index is 12.6. The van der Waals surface area contributed by atoms with Gasteiger partial charge in [0, 0.05) is 43.6 Å². The Morgan fingerprint density at radius 2 is 1.75 bits per heavy atom. The SMILES string of the molecule is COCCCNCCOC12CC3(C)CC(C)(CC(Cn4ncc(-c5ccc(NCc6cc(C)c(Nc7nc8ccccc8s7)nn6)nc5C(=O)O)c4C)(C3)C1)C2. The van der Waals surface area contributed by atoms with Gasteiger partial charge in [-0.3, -0.25) is 4.68 Å². The van der Waals surface area contributed by atoms with Gasteiger partial charge in [0.1, 0.15) is 5.82 Å². The molecule has 0 spiro atoms. The van der Waals surface area contributed by atoms with Gasteiger partial charge in [-0.1, -0.05) is 37.3 Å². The number of thiazole rings is 1. The van der Waals surface area contributed by atoms with Gasteiger partial charge < -0.3 is 30.5 Å². The summed E-state index contributed by atoms with van der Waals surface area (Å²) >= 11 is 1.56. The first-order chi connectivity index (χ1) is 26.9. The van der Waals surface area contributed by atoms with Crippen LogP contribution in [0.4, 0.5) is 16.8 Å². The summed E-state index contributed by atoms with van der Waals surface area (Å²) in [7, 11) is 1.74. The lowest BCUT2D eigenvalue weighted by Crippen LogP contribution is -2.64. The summed E-state index contributed by atoms with van der Waals surface area (Å²) in [5.41, 5.74) is 5.20. The Balaban J connectivity index is 0.945. The molecular weight excluding hydrogens is 727 g/mol. The van der Waals surface area contributed by atoms with Crippen LogP contribution in [0.25, 0.3) is 21.3 Å². The van der Waals surface area contributed by atoms with Crippen LogP contribution in [0.1, 0.15) is 86.2 Å². The highest BCUT2D eigenvalue weighted by Crippen LogP contribution is 2.72. The number of fused-ring (bicyclic) bond motifs is 1. The molecule has 56 heavy (non-hydrogen) atoms. The van der Waals surface area contributed by atoms with Crippen molar-refractivity contribution >= 4 is 44.3 Å². The lowest BCUT2D eigenvalue weighted by atomic mass is 9.39. The highest BCUT2D eigenvalue weighted by atomic mass is 32.1. The summed E-state index contributed by atoms with van der Waals surface area (Å²) in [4.78, 5) is 21.8. The second kappa shape index (κ2) is 15.1. The number of carbonyl (C=O) groups is 1. The molecule has 0 saturated heterocycles. The van der Waals surface area contributed by atoms with Crippen LogP contribution in [0.2, 0.25) is 0 Å². The summed E-state index contributed by atoms with van der Waals surface area (Å²) in [5, 5.41) is 34.8. The molecule has 14 heteroatoms. The number of ether oxygens (including phenoxy) is 2. The third-order valence-corrected chi connectivity index (χ3v) is 13.0. The molecule has 2 unspecified atom stereocenters. The standard InChI is InChI=1S/C42H53N9O4S/c1-27-17-29(49-50-36(27)48-38-46-32-9-6-7-10-33(32)56-38)18-44-34-12-11-30(35(47-34)37(52)53)31-19-45-51(28(31)2)26-41-21-39(3)20-40(4,22-41)24-42(23-39,25-41)55-16-14-43-13-8-15-54-5/h6-7,9-12,17,19,43H,8,13-16,18,20-26H2,1-5H3,(H,44,47)(H,52,53)(H,46,48,50). The van der Waals surface area contributed by atoms with E-state index >= 15 is 0 Å². The number of aromatic nitrogens is 6. The molecule has 0 aliphatic heterocycles. The highest BCUT2D eigenvalue weighted by molar-refractivity contribution is 7.22. The predicted octanol–water partition coefficient (Wildman–Crippen LogP) is 7.78. The van der Waals surface area contributed by atoms with Crippen LogP contribution in [0.15, 0.2) is 48.7 Å². The zero-order valence-corrected chi connectivity index (χ0v) is 33.9. The number of aryl methyl sites for hydroxylation is 1. The van der Waals surface area contributed by atoms with Crippen LogP contribution in [0, 0.1) is 30.1 Å². The molecule has 4 heterocycles. The number of carboxylic acids is 1. The number of carboxylic acid groups (broad SMARTS) is 1. The fourth-order valence-electron chi connectivity index (χ4n) is 11.0. The Morgan fingerprint density at radius 1 is 0.946 bits per heavy atom. The van der Waals surface area contributed by atoms with E-state index < -0.39 is 5.97 Å². The van der Waals surface area contributed by atoms with Crippen LogP contribution >= 0.6 is 11.3 Å². The molecule has 13 nitrogen and oxygen atoms in total. The van der Waals surface area contributed by atoms with Gasteiger partial charge in [0.15, 0.2) is 16.6 Å².